The number of carbonyl (C=O) groups excluding carboxylic acids is 1. The second kappa shape index (κ2) is 4.41. The standard InChI is InChI=1S/C15H16N2O/c1-10-8-13(15(18)16-9-11-6-7-11)12-4-2-3-5-14(12)17-10/h2-5,8,11H,6-7,9H2,1H3,(H,16,18). The lowest BCUT2D eigenvalue weighted by Gasteiger charge is -2.08. The van der Waals surface area contributed by atoms with Crippen LogP contribution in [0.3, 0.4) is 0 Å². The highest BCUT2D eigenvalue weighted by molar-refractivity contribution is 6.06. The quantitative estimate of drug-likeness (QED) is 0.896. The highest BCUT2D eigenvalue weighted by Crippen LogP contribution is 2.27. The van der Waals surface area contributed by atoms with Crippen LogP contribution in [0.1, 0.15) is 28.9 Å². The zero-order valence-electron chi connectivity index (χ0n) is 10.4. The second-order valence-electron chi connectivity index (χ2n) is 4.98. The van der Waals surface area contributed by atoms with E-state index < -0.39 is 0 Å². The van der Waals surface area contributed by atoms with Crippen molar-refractivity contribution in [3.8, 4) is 0 Å². The molecule has 0 radical (unpaired) electrons. The fourth-order valence-electron chi connectivity index (χ4n) is 2.15. The Morgan fingerprint density at radius 2 is 2.17 bits per heavy atom. The predicted octanol–water partition coefficient (Wildman–Crippen LogP) is 2.68. The molecule has 3 heteroatoms. The summed E-state index contributed by atoms with van der Waals surface area (Å²) in [7, 11) is 0. The summed E-state index contributed by atoms with van der Waals surface area (Å²) in [5, 5.41) is 3.94. The van der Waals surface area contributed by atoms with Crippen molar-refractivity contribution in [1.82, 2.24) is 10.3 Å². The molecule has 18 heavy (non-hydrogen) atoms. The number of benzene rings is 1. The zero-order chi connectivity index (χ0) is 12.5. The van der Waals surface area contributed by atoms with Gasteiger partial charge in [-0.2, -0.15) is 0 Å². The molecule has 0 spiro atoms. The van der Waals surface area contributed by atoms with Crippen molar-refractivity contribution in [3.05, 3.63) is 41.6 Å². The molecule has 0 bridgehead atoms. The molecule has 1 saturated carbocycles. The molecule has 0 saturated heterocycles. The monoisotopic (exact) mass is 240 g/mol. The average molecular weight is 240 g/mol. The predicted molar refractivity (Wildman–Crippen MR) is 71.5 cm³/mol. The van der Waals surface area contributed by atoms with E-state index in [0.717, 1.165) is 28.7 Å². The Bertz CT molecular complexity index is 602. The van der Waals surface area contributed by atoms with Gasteiger partial charge in [0, 0.05) is 17.6 Å². The molecular weight excluding hydrogens is 224 g/mol. The van der Waals surface area contributed by atoms with Crippen LogP contribution in [0.25, 0.3) is 10.9 Å². The smallest absolute Gasteiger partial charge is 0.252 e. The third-order valence-electron chi connectivity index (χ3n) is 3.34. The molecule has 1 fully saturated rings. The van der Waals surface area contributed by atoms with Gasteiger partial charge in [0.1, 0.15) is 0 Å². The average Bonchev–Trinajstić information content (AvgIpc) is 3.19. The molecule has 1 aromatic carbocycles. The maximum absolute atomic E-state index is 12.2. The SMILES string of the molecule is Cc1cc(C(=O)NCC2CC2)c2ccccc2n1. The summed E-state index contributed by atoms with van der Waals surface area (Å²) < 4.78 is 0. The third kappa shape index (κ3) is 2.21. The summed E-state index contributed by atoms with van der Waals surface area (Å²) in [6.07, 6.45) is 2.49. The molecule has 0 unspecified atom stereocenters. The molecule has 3 rings (SSSR count). The Morgan fingerprint density at radius 3 is 2.94 bits per heavy atom. The summed E-state index contributed by atoms with van der Waals surface area (Å²) in [6.45, 7) is 2.72. The number of carbonyl (C=O) groups is 1. The number of nitrogens with zero attached hydrogens (tertiary/aromatic N) is 1. The van der Waals surface area contributed by atoms with Crippen LogP contribution < -0.4 is 5.32 Å². The van der Waals surface area contributed by atoms with Gasteiger partial charge in [-0.25, -0.2) is 0 Å². The van der Waals surface area contributed by atoms with Crippen LogP contribution >= 0.6 is 0 Å². The Morgan fingerprint density at radius 1 is 1.39 bits per heavy atom. The maximum atomic E-state index is 12.2. The minimum atomic E-state index is 0.0172. The van der Waals surface area contributed by atoms with E-state index in [2.05, 4.69) is 10.3 Å². The molecule has 3 nitrogen and oxygen atoms in total. The van der Waals surface area contributed by atoms with Crippen LogP contribution in [0.15, 0.2) is 30.3 Å². The number of aryl methyl sites for hydroxylation is 1. The molecule has 0 aliphatic heterocycles. The van der Waals surface area contributed by atoms with E-state index in [1.54, 1.807) is 0 Å². The van der Waals surface area contributed by atoms with Crippen LogP contribution in [-0.4, -0.2) is 17.4 Å². The highest BCUT2D eigenvalue weighted by Gasteiger charge is 2.22. The molecule has 0 atom stereocenters. The maximum Gasteiger partial charge on any atom is 0.252 e. The Labute approximate surface area is 106 Å². The molecule has 1 amide bonds. The fraction of sp³-hybridized carbons (Fsp3) is 0.333. The molecule has 1 aliphatic rings. The number of amides is 1. The van der Waals surface area contributed by atoms with Gasteiger partial charge in [-0.05, 0) is 37.8 Å². The van der Waals surface area contributed by atoms with Crippen LogP contribution in [0.5, 0.6) is 0 Å². The van der Waals surface area contributed by atoms with Gasteiger partial charge in [0.15, 0.2) is 0 Å². The highest BCUT2D eigenvalue weighted by atomic mass is 16.1. The van der Waals surface area contributed by atoms with Crippen LogP contribution in [0.4, 0.5) is 0 Å². The number of fused-ring (bicyclic) bond motifs is 1. The van der Waals surface area contributed by atoms with Crippen molar-refractivity contribution in [2.45, 2.75) is 19.8 Å². The molecule has 1 aliphatic carbocycles. The third-order valence-corrected chi connectivity index (χ3v) is 3.34. The summed E-state index contributed by atoms with van der Waals surface area (Å²) in [4.78, 5) is 16.7. The molecule has 1 heterocycles. The molecule has 1 aromatic heterocycles. The lowest BCUT2D eigenvalue weighted by atomic mass is 10.1. The first kappa shape index (κ1) is 11.2. The van der Waals surface area contributed by atoms with Gasteiger partial charge >= 0.3 is 0 Å². The van der Waals surface area contributed by atoms with Gasteiger partial charge in [-0.1, -0.05) is 18.2 Å². The van der Waals surface area contributed by atoms with E-state index >= 15 is 0 Å². The van der Waals surface area contributed by atoms with E-state index in [9.17, 15) is 4.79 Å². The lowest BCUT2D eigenvalue weighted by Crippen LogP contribution is -2.25. The Hall–Kier alpha value is -1.90. The normalized spacial score (nSPS) is 14.7. The van der Waals surface area contributed by atoms with Gasteiger partial charge in [0.2, 0.25) is 0 Å². The van der Waals surface area contributed by atoms with Crippen molar-refractivity contribution in [3.63, 3.8) is 0 Å². The van der Waals surface area contributed by atoms with Crippen molar-refractivity contribution < 1.29 is 4.79 Å². The van der Waals surface area contributed by atoms with Gasteiger partial charge in [-0.3, -0.25) is 9.78 Å². The minimum absolute atomic E-state index is 0.0172. The number of nitrogens with one attached hydrogen (secondary N) is 1. The number of hydrogen-bond donors (Lipinski definition) is 1. The van der Waals surface area contributed by atoms with Crippen LogP contribution in [0, 0.1) is 12.8 Å². The minimum Gasteiger partial charge on any atom is -0.352 e. The zero-order valence-corrected chi connectivity index (χ0v) is 10.4. The number of pyridine rings is 1. The van der Waals surface area contributed by atoms with E-state index in [1.807, 2.05) is 37.3 Å². The fourth-order valence-corrected chi connectivity index (χ4v) is 2.15. The summed E-state index contributed by atoms with van der Waals surface area (Å²) in [5.74, 6) is 0.715. The number of para-hydroxylation sites is 1. The summed E-state index contributed by atoms with van der Waals surface area (Å²) in [6, 6.07) is 9.65. The first-order valence-corrected chi connectivity index (χ1v) is 6.38. The Balaban J connectivity index is 1.95. The van der Waals surface area contributed by atoms with E-state index in [1.165, 1.54) is 12.8 Å². The van der Waals surface area contributed by atoms with E-state index in [0.29, 0.717) is 5.92 Å². The number of aromatic nitrogens is 1. The van der Waals surface area contributed by atoms with Crippen LogP contribution in [-0.2, 0) is 0 Å². The van der Waals surface area contributed by atoms with Gasteiger partial charge < -0.3 is 5.32 Å². The number of hydrogen-bond acceptors (Lipinski definition) is 2. The van der Waals surface area contributed by atoms with Crippen molar-refractivity contribution in [2.24, 2.45) is 5.92 Å². The largest absolute Gasteiger partial charge is 0.352 e. The van der Waals surface area contributed by atoms with E-state index in [-0.39, 0.29) is 5.91 Å². The first-order chi connectivity index (χ1) is 8.74. The summed E-state index contributed by atoms with van der Waals surface area (Å²) in [5.41, 5.74) is 2.50. The first-order valence-electron chi connectivity index (χ1n) is 6.38. The van der Waals surface area contributed by atoms with Crippen molar-refractivity contribution in [1.29, 1.82) is 0 Å². The molecule has 2 aromatic rings. The van der Waals surface area contributed by atoms with Crippen LogP contribution in [0.2, 0.25) is 0 Å². The molecule has 92 valence electrons. The number of rotatable bonds is 3. The topological polar surface area (TPSA) is 42.0 Å². The summed E-state index contributed by atoms with van der Waals surface area (Å²) >= 11 is 0. The van der Waals surface area contributed by atoms with Crippen molar-refractivity contribution in [2.75, 3.05) is 6.54 Å². The van der Waals surface area contributed by atoms with Gasteiger partial charge in [0.25, 0.3) is 5.91 Å². The van der Waals surface area contributed by atoms with Gasteiger partial charge in [-0.15, -0.1) is 0 Å². The van der Waals surface area contributed by atoms with E-state index in [4.69, 9.17) is 0 Å². The molecule has 1 N–H and O–H groups in total. The Kier molecular flexibility index (Phi) is 2.74. The lowest BCUT2D eigenvalue weighted by molar-refractivity contribution is 0.0953. The van der Waals surface area contributed by atoms with Gasteiger partial charge in [0.05, 0.1) is 11.1 Å². The van der Waals surface area contributed by atoms with Crippen molar-refractivity contribution >= 4 is 16.8 Å². The second-order valence-corrected chi connectivity index (χ2v) is 4.98. The molecular formula is C15H16N2O.